The molecule has 0 unspecified atom stereocenters. The molecular weight excluding hydrogens is 136 g/mol. The lowest BCUT2D eigenvalue weighted by Gasteiger charge is -2.26. The second kappa shape index (κ2) is 3.07. The molecule has 1 saturated carbocycles. The summed E-state index contributed by atoms with van der Waals surface area (Å²) >= 11 is 0. The van der Waals surface area contributed by atoms with Gasteiger partial charge in [-0.2, -0.15) is 0 Å². The van der Waals surface area contributed by atoms with Gasteiger partial charge >= 0.3 is 0 Å². The molecule has 11 heavy (non-hydrogen) atoms. The summed E-state index contributed by atoms with van der Waals surface area (Å²) in [7, 11) is 0. The molecule has 0 aromatic carbocycles. The standard InChI is InChI=1S/C9H14N2/c1-2-4-9(3-1)11-7-5-10-6-8-11/h5-7,9H,1-4,8H2. The molecule has 0 aromatic heterocycles. The highest BCUT2D eigenvalue weighted by molar-refractivity contribution is 5.61. The highest BCUT2D eigenvalue weighted by Gasteiger charge is 2.19. The van der Waals surface area contributed by atoms with Gasteiger partial charge < -0.3 is 4.90 Å². The molecule has 0 saturated heterocycles. The Morgan fingerprint density at radius 3 is 2.73 bits per heavy atom. The van der Waals surface area contributed by atoms with Crippen LogP contribution in [0.2, 0.25) is 0 Å². The second-order valence-electron chi connectivity index (χ2n) is 3.26. The number of hydrogen-bond acceptors (Lipinski definition) is 2. The fourth-order valence-electron chi connectivity index (χ4n) is 1.89. The van der Waals surface area contributed by atoms with E-state index in [0.717, 1.165) is 12.6 Å². The van der Waals surface area contributed by atoms with E-state index in [9.17, 15) is 0 Å². The third kappa shape index (κ3) is 1.44. The Morgan fingerprint density at radius 2 is 2.09 bits per heavy atom. The van der Waals surface area contributed by atoms with Crippen molar-refractivity contribution in [2.45, 2.75) is 31.7 Å². The molecule has 2 aliphatic rings. The molecule has 0 bridgehead atoms. The maximum Gasteiger partial charge on any atom is 0.0530 e. The van der Waals surface area contributed by atoms with Crippen LogP contribution in [0, 0.1) is 0 Å². The molecule has 2 rings (SSSR count). The fourth-order valence-corrected chi connectivity index (χ4v) is 1.89. The van der Waals surface area contributed by atoms with Crippen molar-refractivity contribution < 1.29 is 0 Å². The Kier molecular flexibility index (Phi) is 1.93. The van der Waals surface area contributed by atoms with E-state index < -0.39 is 0 Å². The molecular formula is C9H14N2. The van der Waals surface area contributed by atoms with Gasteiger partial charge in [0, 0.05) is 24.7 Å². The van der Waals surface area contributed by atoms with Gasteiger partial charge in [0.2, 0.25) is 0 Å². The predicted octanol–water partition coefficient (Wildman–Crippen LogP) is 1.79. The molecule has 60 valence electrons. The van der Waals surface area contributed by atoms with Crippen molar-refractivity contribution in [1.82, 2.24) is 4.90 Å². The Balaban J connectivity index is 1.94. The molecule has 0 amide bonds. The third-order valence-electron chi connectivity index (χ3n) is 2.54. The van der Waals surface area contributed by atoms with Crippen molar-refractivity contribution in [3.8, 4) is 0 Å². The van der Waals surface area contributed by atoms with Gasteiger partial charge in [-0.25, -0.2) is 0 Å². The van der Waals surface area contributed by atoms with Crippen molar-refractivity contribution in [2.24, 2.45) is 4.99 Å². The maximum atomic E-state index is 4.05. The van der Waals surface area contributed by atoms with E-state index in [1.165, 1.54) is 25.7 Å². The first-order valence-electron chi connectivity index (χ1n) is 4.41. The van der Waals surface area contributed by atoms with Crippen LogP contribution in [0.1, 0.15) is 25.7 Å². The zero-order valence-corrected chi connectivity index (χ0v) is 6.74. The molecule has 2 nitrogen and oxygen atoms in total. The minimum Gasteiger partial charge on any atom is -0.368 e. The summed E-state index contributed by atoms with van der Waals surface area (Å²) in [6.45, 7) is 1.02. The average Bonchev–Trinajstić information content (AvgIpc) is 2.58. The Hall–Kier alpha value is -0.790. The first-order chi connectivity index (χ1) is 5.47. The van der Waals surface area contributed by atoms with Gasteiger partial charge in [0.15, 0.2) is 0 Å². The molecule has 2 heteroatoms. The molecule has 0 N–H and O–H groups in total. The van der Waals surface area contributed by atoms with E-state index in [1.54, 1.807) is 0 Å². The lowest BCUT2D eigenvalue weighted by atomic mass is 10.2. The van der Waals surface area contributed by atoms with Crippen LogP contribution < -0.4 is 0 Å². The van der Waals surface area contributed by atoms with Gasteiger partial charge in [-0.15, -0.1) is 0 Å². The Labute approximate surface area is 67.6 Å². The molecule has 1 heterocycles. The molecule has 0 atom stereocenters. The summed E-state index contributed by atoms with van der Waals surface area (Å²) in [5.41, 5.74) is 0. The molecule has 1 fully saturated rings. The zero-order valence-electron chi connectivity index (χ0n) is 6.74. The average molecular weight is 150 g/mol. The predicted molar refractivity (Wildman–Crippen MR) is 46.6 cm³/mol. The summed E-state index contributed by atoms with van der Waals surface area (Å²) in [5, 5.41) is 0. The summed E-state index contributed by atoms with van der Waals surface area (Å²) < 4.78 is 0. The van der Waals surface area contributed by atoms with E-state index in [-0.39, 0.29) is 0 Å². The monoisotopic (exact) mass is 150 g/mol. The highest BCUT2D eigenvalue weighted by Crippen LogP contribution is 2.23. The largest absolute Gasteiger partial charge is 0.368 e. The smallest absolute Gasteiger partial charge is 0.0530 e. The molecule has 0 aromatic rings. The fraction of sp³-hybridized carbons (Fsp3) is 0.667. The Morgan fingerprint density at radius 1 is 1.27 bits per heavy atom. The van der Waals surface area contributed by atoms with Crippen LogP contribution in [-0.2, 0) is 0 Å². The quantitative estimate of drug-likeness (QED) is 0.556. The van der Waals surface area contributed by atoms with E-state index in [4.69, 9.17) is 0 Å². The third-order valence-corrected chi connectivity index (χ3v) is 2.54. The molecule has 0 spiro atoms. The second-order valence-corrected chi connectivity index (χ2v) is 3.26. The first kappa shape index (κ1) is 6.89. The number of nitrogens with zero attached hydrogens (tertiary/aromatic N) is 2. The normalized spacial score (nSPS) is 24.9. The highest BCUT2D eigenvalue weighted by atomic mass is 15.2. The summed E-state index contributed by atoms with van der Waals surface area (Å²) in [6, 6.07) is 0.804. The minimum atomic E-state index is 0.804. The SMILES string of the molecule is C1=CN(C2CCCC2)CC=N1. The summed E-state index contributed by atoms with van der Waals surface area (Å²) in [4.78, 5) is 6.45. The van der Waals surface area contributed by atoms with E-state index >= 15 is 0 Å². The lowest BCUT2D eigenvalue weighted by molar-refractivity contribution is 0.313. The van der Waals surface area contributed by atoms with Crippen LogP contribution in [0.3, 0.4) is 0 Å². The van der Waals surface area contributed by atoms with Crippen molar-refractivity contribution in [2.75, 3.05) is 6.54 Å². The molecule has 1 aliphatic carbocycles. The molecule has 0 radical (unpaired) electrons. The van der Waals surface area contributed by atoms with Crippen molar-refractivity contribution in [3.63, 3.8) is 0 Å². The van der Waals surface area contributed by atoms with E-state index in [2.05, 4.69) is 16.1 Å². The van der Waals surface area contributed by atoms with Gasteiger partial charge in [0.05, 0.1) is 6.54 Å². The summed E-state index contributed by atoms with van der Waals surface area (Å²) in [5.74, 6) is 0. The molecule has 1 aliphatic heterocycles. The number of aliphatic imine (C=N–C) groups is 1. The van der Waals surface area contributed by atoms with Gasteiger partial charge in [0.25, 0.3) is 0 Å². The van der Waals surface area contributed by atoms with E-state index in [0.29, 0.717) is 0 Å². The van der Waals surface area contributed by atoms with Gasteiger partial charge in [-0.3, -0.25) is 4.99 Å². The van der Waals surface area contributed by atoms with Crippen LogP contribution in [0.5, 0.6) is 0 Å². The van der Waals surface area contributed by atoms with Crippen molar-refractivity contribution in [1.29, 1.82) is 0 Å². The number of rotatable bonds is 1. The topological polar surface area (TPSA) is 15.6 Å². The van der Waals surface area contributed by atoms with Gasteiger partial charge in [0.1, 0.15) is 0 Å². The van der Waals surface area contributed by atoms with Gasteiger partial charge in [-0.05, 0) is 12.8 Å². The van der Waals surface area contributed by atoms with Gasteiger partial charge in [-0.1, -0.05) is 12.8 Å². The van der Waals surface area contributed by atoms with Crippen LogP contribution in [0.4, 0.5) is 0 Å². The van der Waals surface area contributed by atoms with Crippen LogP contribution in [0.15, 0.2) is 17.4 Å². The minimum absolute atomic E-state index is 0.804. The van der Waals surface area contributed by atoms with Crippen molar-refractivity contribution >= 4 is 6.21 Å². The van der Waals surface area contributed by atoms with Crippen molar-refractivity contribution in [3.05, 3.63) is 12.4 Å². The maximum absolute atomic E-state index is 4.05. The van der Waals surface area contributed by atoms with Crippen LogP contribution in [0.25, 0.3) is 0 Å². The lowest BCUT2D eigenvalue weighted by Crippen LogP contribution is -2.30. The van der Waals surface area contributed by atoms with E-state index in [1.807, 2.05) is 12.4 Å². The Bertz CT molecular complexity index is 178. The first-order valence-corrected chi connectivity index (χ1v) is 4.41. The van der Waals surface area contributed by atoms with Crippen LogP contribution >= 0.6 is 0 Å². The van der Waals surface area contributed by atoms with Crippen LogP contribution in [-0.4, -0.2) is 23.7 Å². The number of hydrogen-bond donors (Lipinski definition) is 0. The summed E-state index contributed by atoms with van der Waals surface area (Å²) in [6.07, 6.45) is 11.6. The zero-order chi connectivity index (χ0) is 7.52.